The molecular weight excluding hydrogens is 402 g/mol. The maximum absolute atomic E-state index is 12.4. The van der Waals surface area contributed by atoms with Crippen LogP contribution in [-0.2, 0) is 17.8 Å². The summed E-state index contributed by atoms with van der Waals surface area (Å²) in [5, 5.41) is 6.65. The van der Waals surface area contributed by atoms with Gasteiger partial charge in [0.25, 0.3) is 0 Å². The first-order valence-corrected chi connectivity index (χ1v) is 11.6. The van der Waals surface area contributed by atoms with Crippen LogP contribution in [0.2, 0.25) is 0 Å². The fraction of sp³-hybridized carbons (Fsp3) is 0.480. The third-order valence-electron chi connectivity index (χ3n) is 5.68. The number of amides is 1. The summed E-state index contributed by atoms with van der Waals surface area (Å²) in [5.74, 6) is 1.29. The number of aliphatic imine (C=N–C) groups is 1. The average Bonchev–Trinajstić information content (AvgIpc) is 3.17. The lowest BCUT2D eigenvalue weighted by Gasteiger charge is -2.16. The van der Waals surface area contributed by atoms with Crippen LogP contribution in [0.25, 0.3) is 0 Å². The Bertz CT molecular complexity index is 925. The third-order valence-corrected chi connectivity index (χ3v) is 5.68. The summed E-state index contributed by atoms with van der Waals surface area (Å²) in [7, 11) is 0. The van der Waals surface area contributed by atoms with E-state index in [1.807, 2.05) is 42.3 Å². The lowest BCUT2D eigenvalue weighted by Crippen LogP contribution is -2.38. The minimum Gasteiger partial charge on any atom is -0.357 e. The summed E-state index contributed by atoms with van der Waals surface area (Å²) >= 11 is 0. The first-order chi connectivity index (χ1) is 15.7. The van der Waals surface area contributed by atoms with Crippen LogP contribution in [0.5, 0.6) is 0 Å². The highest BCUT2D eigenvalue weighted by molar-refractivity contribution is 5.80. The van der Waals surface area contributed by atoms with Gasteiger partial charge in [-0.2, -0.15) is 0 Å². The number of nitrogens with zero attached hydrogens (tertiary/aromatic N) is 3. The standard InChI is InChI=1S/C25H35N5O2/c1-2-26-25(27-14-7-9-16-29-15-8-6-12-23(29)31)28-19-22-18-24(32)30(20-22)17-13-21-10-4-3-5-11-21/h3-6,8,10-12,15,22H,2,7,9,13-14,16-20H2,1H3,(H2,26,27,28). The number of carbonyl (C=O) groups excluding carboxylic acids is 1. The molecule has 1 unspecified atom stereocenters. The van der Waals surface area contributed by atoms with Gasteiger partial charge in [0.2, 0.25) is 11.5 Å². The Morgan fingerprint density at radius 2 is 1.84 bits per heavy atom. The van der Waals surface area contributed by atoms with E-state index in [4.69, 9.17) is 4.99 Å². The molecule has 1 atom stereocenters. The molecule has 7 nitrogen and oxygen atoms in total. The number of unbranched alkanes of at least 4 members (excludes halogenated alkanes) is 1. The number of hydrogen-bond acceptors (Lipinski definition) is 3. The predicted octanol–water partition coefficient (Wildman–Crippen LogP) is 2.27. The Morgan fingerprint density at radius 3 is 2.62 bits per heavy atom. The van der Waals surface area contributed by atoms with Crippen molar-refractivity contribution in [3.8, 4) is 0 Å². The summed E-state index contributed by atoms with van der Waals surface area (Å²) in [6.07, 6.45) is 5.16. The highest BCUT2D eigenvalue weighted by Gasteiger charge is 2.28. The van der Waals surface area contributed by atoms with Gasteiger partial charge in [0, 0.05) is 63.9 Å². The normalized spacial score (nSPS) is 16.4. The fourth-order valence-corrected chi connectivity index (χ4v) is 3.92. The van der Waals surface area contributed by atoms with Crippen molar-refractivity contribution in [3.63, 3.8) is 0 Å². The molecule has 0 radical (unpaired) electrons. The molecule has 2 N–H and O–H groups in total. The van der Waals surface area contributed by atoms with Gasteiger partial charge in [-0.05, 0) is 37.8 Å². The second kappa shape index (κ2) is 12.7. The lowest BCUT2D eigenvalue weighted by molar-refractivity contribution is -0.127. The zero-order valence-electron chi connectivity index (χ0n) is 19.0. The molecule has 1 aromatic carbocycles. The monoisotopic (exact) mass is 437 g/mol. The fourth-order valence-electron chi connectivity index (χ4n) is 3.92. The summed E-state index contributed by atoms with van der Waals surface area (Å²) in [4.78, 5) is 30.8. The van der Waals surface area contributed by atoms with Crippen LogP contribution in [0.15, 0.2) is 64.5 Å². The molecule has 1 aliphatic heterocycles. The van der Waals surface area contributed by atoms with E-state index in [9.17, 15) is 9.59 Å². The predicted molar refractivity (Wildman–Crippen MR) is 129 cm³/mol. The highest BCUT2D eigenvalue weighted by atomic mass is 16.2. The first-order valence-electron chi connectivity index (χ1n) is 11.6. The van der Waals surface area contributed by atoms with Crippen molar-refractivity contribution < 1.29 is 4.79 Å². The second-order valence-corrected chi connectivity index (χ2v) is 8.23. The molecular formula is C25H35N5O2. The van der Waals surface area contributed by atoms with Gasteiger partial charge in [-0.1, -0.05) is 36.4 Å². The van der Waals surface area contributed by atoms with Gasteiger partial charge < -0.3 is 20.1 Å². The van der Waals surface area contributed by atoms with E-state index in [1.165, 1.54) is 5.56 Å². The van der Waals surface area contributed by atoms with Crippen molar-refractivity contribution >= 4 is 11.9 Å². The molecule has 7 heteroatoms. The van der Waals surface area contributed by atoms with Crippen molar-refractivity contribution in [3.05, 3.63) is 70.6 Å². The molecule has 1 aromatic heterocycles. The molecule has 32 heavy (non-hydrogen) atoms. The Labute approximate surface area is 190 Å². The molecule has 1 amide bonds. The SMILES string of the molecule is CCNC(=NCC1CC(=O)N(CCc2ccccc2)C1)NCCCCn1ccccc1=O. The molecule has 172 valence electrons. The summed E-state index contributed by atoms with van der Waals surface area (Å²) in [6, 6.07) is 15.5. The molecule has 0 aliphatic carbocycles. The summed E-state index contributed by atoms with van der Waals surface area (Å²) in [5.41, 5.74) is 1.30. The number of pyridine rings is 1. The van der Waals surface area contributed by atoms with Gasteiger partial charge in [0.15, 0.2) is 5.96 Å². The maximum atomic E-state index is 12.4. The zero-order chi connectivity index (χ0) is 22.6. The minimum atomic E-state index is 0.0410. The van der Waals surface area contributed by atoms with Gasteiger partial charge in [-0.3, -0.25) is 14.6 Å². The minimum absolute atomic E-state index is 0.0410. The van der Waals surface area contributed by atoms with Crippen LogP contribution in [0.1, 0.15) is 31.7 Å². The van der Waals surface area contributed by atoms with Crippen LogP contribution < -0.4 is 16.2 Å². The van der Waals surface area contributed by atoms with E-state index in [-0.39, 0.29) is 17.4 Å². The van der Waals surface area contributed by atoms with Crippen LogP contribution in [0.4, 0.5) is 0 Å². The number of aryl methyl sites for hydroxylation is 1. The molecule has 1 saturated heterocycles. The number of likely N-dealkylation sites (tertiary alicyclic amines) is 1. The van der Waals surface area contributed by atoms with Crippen molar-refractivity contribution in [2.24, 2.45) is 10.9 Å². The topological polar surface area (TPSA) is 78.7 Å². The van der Waals surface area contributed by atoms with Gasteiger partial charge in [0.1, 0.15) is 0 Å². The van der Waals surface area contributed by atoms with Crippen molar-refractivity contribution in [2.45, 2.75) is 39.2 Å². The van der Waals surface area contributed by atoms with Gasteiger partial charge >= 0.3 is 0 Å². The average molecular weight is 438 g/mol. The van der Waals surface area contributed by atoms with Crippen LogP contribution in [0, 0.1) is 5.92 Å². The molecule has 0 bridgehead atoms. The van der Waals surface area contributed by atoms with Gasteiger partial charge in [0.05, 0.1) is 0 Å². The molecule has 0 spiro atoms. The number of aromatic nitrogens is 1. The largest absolute Gasteiger partial charge is 0.357 e. The van der Waals surface area contributed by atoms with E-state index in [1.54, 1.807) is 16.7 Å². The summed E-state index contributed by atoms with van der Waals surface area (Å²) in [6.45, 7) is 6.54. The Balaban J connectivity index is 1.38. The van der Waals surface area contributed by atoms with Crippen LogP contribution >= 0.6 is 0 Å². The van der Waals surface area contributed by atoms with Crippen LogP contribution in [-0.4, -0.2) is 54.1 Å². The number of nitrogens with one attached hydrogen (secondary N) is 2. The van der Waals surface area contributed by atoms with Gasteiger partial charge in [-0.25, -0.2) is 0 Å². The smallest absolute Gasteiger partial charge is 0.250 e. The highest BCUT2D eigenvalue weighted by Crippen LogP contribution is 2.18. The van der Waals surface area contributed by atoms with Gasteiger partial charge in [-0.15, -0.1) is 0 Å². The molecule has 2 aromatic rings. The number of guanidine groups is 1. The van der Waals surface area contributed by atoms with E-state index in [0.29, 0.717) is 13.0 Å². The molecule has 2 heterocycles. The van der Waals surface area contributed by atoms with E-state index in [2.05, 4.69) is 22.8 Å². The van der Waals surface area contributed by atoms with Crippen molar-refractivity contribution in [2.75, 3.05) is 32.7 Å². The molecule has 3 rings (SSSR count). The molecule has 0 saturated carbocycles. The zero-order valence-corrected chi connectivity index (χ0v) is 19.0. The molecule has 1 fully saturated rings. The third kappa shape index (κ3) is 7.55. The first kappa shape index (κ1) is 23.6. The Morgan fingerprint density at radius 1 is 1.03 bits per heavy atom. The quantitative estimate of drug-likeness (QED) is 0.321. The number of benzene rings is 1. The van der Waals surface area contributed by atoms with E-state index < -0.39 is 0 Å². The second-order valence-electron chi connectivity index (χ2n) is 8.23. The lowest BCUT2D eigenvalue weighted by atomic mass is 10.1. The van der Waals surface area contributed by atoms with Crippen molar-refractivity contribution in [1.82, 2.24) is 20.1 Å². The van der Waals surface area contributed by atoms with E-state index in [0.717, 1.165) is 57.9 Å². The number of carbonyl (C=O) groups is 1. The summed E-state index contributed by atoms with van der Waals surface area (Å²) < 4.78 is 1.74. The number of hydrogen-bond donors (Lipinski definition) is 2. The molecule has 1 aliphatic rings. The maximum Gasteiger partial charge on any atom is 0.250 e. The Kier molecular flexibility index (Phi) is 9.35. The Hall–Kier alpha value is -3.09. The van der Waals surface area contributed by atoms with E-state index >= 15 is 0 Å². The van der Waals surface area contributed by atoms with Crippen molar-refractivity contribution in [1.29, 1.82) is 0 Å². The number of rotatable bonds is 11. The van der Waals surface area contributed by atoms with Crippen LogP contribution in [0.3, 0.4) is 0 Å².